The van der Waals surface area contributed by atoms with Crippen molar-refractivity contribution in [2.75, 3.05) is 6.61 Å². The summed E-state index contributed by atoms with van der Waals surface area (Å²) in [6.45, 7) is 0.0186. The standard InChI is InChI=1S/C16H13F3O2/c17-12-8-6-11(7-9-12)15(20)5-2-10-21-16-13(18)3-1-4-14(16)19/h1,3-4,6-9H,2,5,10H2. The van der Waals surface area contributed by atoms with Crippen molar-refractivity contribution < 1.29 is 22.7 Å². The number of benzene rings is 2. The fourth-order valence-electron chi connectivity index (χ4n) is 1.81. The smallest absolute Gasteiger partial charge is 0.190 e. The molecule has 0 atom stereocenters. The van der Waals surface area contributed by atoms with Crippen molar-refractivity contribution >= 4 is 5.78 Å². The van der Waals surface area contributed by atoms with Gasteiger partial charge in [0.15, 0.2) is 23.2 Å². The van der Waals surface area contributed by atoms with Crippen molar-refractivity contribution in [3.05, 3.63) is 65.5 Å². The number of carbonyl (C=O) groups is 1. The molecule has 0 spiro atoms. The Kier molecular flexibility index (Phi) is 4.98. The molecule has 0 aromatic heterocycles. The first kappa shape index (κ1) is 15.1. The third kappa shape index (κ3) is 4.08. The summed E-state index contributed by atoms with van der Waals surface area (Å²) in [5.74, 6) is -2.58. The molecule has 0 aliphatic rings. The number of rotatable bonds is 6. The van der Waals surface area contributed by atoms with E-state index in [4.69, 9.17) is 4.74 Å². The highest BCUT2D eigenvalue weighted by atomic mass is 19.1. The maximum Gasteiger partial charge on any atom is 0.190 e. The molecule has 0 fully saturated rings. The first-order chi connectivity index (χ1) is 10.1. The van der Waals surface area contributed by atoms with Crippen LogP contribution in [0.15, 0.2) is 42.5 Å². The zero-order chi connectivity index (χ0) is 15.2. The molecule has 110 valence electrons. The third-order valence-electron chi connectivity index (χ3n) is 2.88. The van der Waals surface area contributed by atoms with Crippen LogP contribution in [0.5, 0.6) is 5.75 Å². The van der Waals surface area contributed by atoms with Gasteiger partial charge in [-0.1, -0.05) is 6.07 Å². The van der Waals surface area contributed by atoms with E-state index in [0.29, 0.717) is 12.0 Å². The summed E-state index contributed by atoms with van der Waals surface area (Å²) in [6, 6.07) is 8.65. The number of halogens is 3. The van der Waals surface area contributed by atoms with Crippen LogP contribution in [0.25, 0.3) is 0 Å². The maximum atomic E-state index is 13.3. The number of para-hydroxylation sites is 1. The van der Waals surface area contributed by atoms with Crippen molar-refractivity contribution in [1.82, 2.24) is 0 Å². The maximum absolute atomic E-state index is 13.3. The minimum absolute atomic E-state index is 0.0186. The van der Waals surface area contributed by atoms with Crippen molar-refractivity contribution in [3.63, 3.8) is 0 Å². The van der Waals surface area contributed by atoms with Gasteiger partial charge in [-0.2, -0.15) is 0 Å². The average Bonchev–Trinajstić information content (AvgIpc) is 2.46. The summed E-state index contributed by atoms with van der Waals surface area (Å²) >= 11 is 0. The first-order valence-electron chi connectivity index (χ1n) is 6.43. The third-order valence-corrected chi connectivity index (χ3v) is 2.88. The lowest BCUT2D eigenvalue weighted by molar-refractivity contribution is 0.0973. The van der Waals surface area contributed by atoms with Crippen LogP contribution in [0.2, 0.25) is 0 Å². The van der Waals surface area contributed by atoms with Crippen molar-refractivity contribution in [2.45, 2.75) is 12.8 Å². The van der Waals surface area contributed by atoms with Crippen LogP contribution < -0.4 is 4.74 Å². The lowest BCUT2D eigenvalue weighted by Gasteiger charge is -2.07. The van der Waals surface area contributed by atoms with E-state index >= 15 is 0 Å². The Balaban J connectivity index is 1.82. The predicted octanol–water partition coefficient (Wildman–Crippen LogP) is 4.15. The molecule has 0 saturated carbocycles. The molecule has 2 rings (SSSR count). The molecule has 21 heavy (non-hydrogen) atoms. The molecular formula is C16H13F3O2. The van der Waals surface area contributed by atoms with Gasteiger partial charge in [-0.05, 0) is 42.8 Å². The number of hydrogen-bond donors (Lipinski definition) is 0. The summed E-state index contributed by atoms with van der Waals surface area (Å²) in [5, 5.41) is 0. The number of ether oxygens (including phenoxy) is 1. The van der Waals surface area contributed by atoms with E-state index in [1.54, 1.807) is 0 Å². The fourth-order valence-corrected chi connectivity index (χ4v) is 1.81. The molecule has 0 bridgehead atoms. The predicted molar refractivity (Wildman–Crippen MR) is 71.8 cm³/mol. The van der Waals surface area contributed by atoms with Gasteiger partial charge in [-0.3, -0.25) is 4.79 Å². The molecule has 0 N–H and O–H groups in total. The molecule has 5 heteroatoms. The second-order valence-corrected chi connectivity index (χ2v) is 4.43. The normalized spacial score (nSPS) is 10.4. The lowest BCUT2D eigenvalue weighted by atomic mass is 10.1. The summed E-state index contributed by atoms with van der Waals surface area (Å²) in [5.41, 5.74) is 0.397. The molecule has 2 nitrogen and oxygen atoms in total. The molecule has 0 aliphatic heterocycles. The summed E-state index contributed by atoms with van der Waals surface area (Å²) < 4.78 is 44.3. The summed E-state index contributed by atoms with van der Waals surface area (Å²) in [7, 11) is 0. The monoisotopic (exact) mass is 294 g/mol. The van der Waals surface area contributed by atoms with Crippen LogP contribution in [-0.4, -0.2) is 12.4 Å². The minimum Gasteiger partial charge on any atom is -0.488 e. The van der Waals surface area contributed by atoms with Crippen LogP contribution in [-0.2, 0) is 0 Å². The summed E-state index contributed by atoms with van der Waals surface area (Å²) in [6.07, 6.45) is 0.464. The number of ketones is 1. The van der Waals surface area contributed by atoms with E-state index in [0.717, 1.165) is 12.1 Å². The van der Waals surface area contributed by atoms with E-state index in [1.165, 1.54) is 30.3 Å². The van der Waals surface area contributed by atoms with Crippen molar-refractivity contribution in [3.8, 4) is 5.75 Å². The van der Waals surface area contributed by atoms with Crippen LogP contribution in [0.3, 0.4) is 0 Å². The number of carbonyl (C=O) groups excluding carboxylic acids is 1. The zero-order valence-corrected chi connectivity index (χ0v) is 11.1. The van der Waals surface area contributed by atoms with Crippen LogP contribution >= 0.6 is 0 Å². The molecule has 0 radical (unpaired) electrons. The largest absolute Gasteiger partial charge is 0.488 e. The highest BCUT2D eigenvalue weighted by Crippen LogP contribution is 2.21. The minimum atomic E-state index is -0.778. The van der Waals surface area contributed by atoms with Gasteiger partial charge in [-0.25, -0.2) is 13.2 Å². The van der Waals surface area contributed by atoms with E-state index in [9.17, 15) is 18.0 Å². The molecule has 0 amide bonds. The van der Waals surface area contributed by atoms with Gasteiger partial charge < -0.3 is 4.74 Å². The van der Waals surface area contributed by atoms with Crippen LogP contribution in [0.4, 0.5) is 13.2 Å². The van der Waals surface area contributed by atoms with Gasteiger partial charge in [0, 0.05) is 12.0 Å². The van der Waals surface area contributed by atoms with Gasteiger partial charge in [0.2, 0.25) is 0 Å². The van der Waals surface area contributed by atoms with E-state index in [1.807, 2.05) is 0 Å². The summed E-state index contributed by atoms with van der Waals surface area (Å²) in [4.78, 5) is 11.8. The molecule has 0 aliphatic carbocycles. The molecule has 0 heterocycles. The second kappa shape index (κ2) is 6.92. The average molecular weight is 294 g/mol. The molecule has 2 aromatic carbocycles. The highest BCUT2D eigenvalue weighted by molar-refractivity contribution is 5.95. The van der Waals surface area contributed by atoms with Gasteiger partial charge in [0.05, 0.1) is 6.61 Å². The SMILES string of the molecule is O=C(CCCOc1c(F)cccc1F)c1ccc(F)cc1. The van der Waals surface area contributed by atoms with E-state index in [2.05, 4.69) is 0 Å². The zero-order valence-electron chi connectivity index (χ0n) is 11.1. The van der Waals surface area contributed by atoms with Gasteiger partial charge in [0.25, 0.3) is 0 Å². The molecular weight excluding hydrogens is 281 g/mol. The molecule has 0 saturated heterocycles. The number of hydrogen-bond acceptors (Lipinski definition) is 2. The second-order valence-electron chi connectivity index (χ2n) is 4.43. The van der Waals surface area contributed by atoms with Crippen LogP contribution in [0, 0.1) is 17.5 Å². The number of Topliss-reactive ketones (excluding diaryl/α,β-unsaturated/α-hetero) is 1. The lowest BCUT2D eigenvalue weighted by Crippen LogP contribution is -2.05. The quantitative estimate of drug-likeness (QED) is 0.591. The molecule has 0 unspecified atom stereocenters. The Hall–Kier alpha value is -2.30. The fraction of sp³-hybridized carbons (Fsp3) is 0.188. The topological polar surface area (TPSA) is 26.3 Å². The Morgan fingerprint density at radius 2 is 1.57 bits per heavy atom. The Morgan fingerprint density at radius 1 is 0.952 bits per heavy atom. The van der Waals surface area contributed by atoms with Crippen molar-refractivity contribution in [1.29, 1.82) is 0 Å². The first-order valence-corrected chi connectivity index (χ1v) is 6.43. The van der Waals surface area contributed by atoms with E-state index < -0.39 is 23.2 Å². The van der Waals surface area contributed by atoms with Gasteiger partial charge in [0.1, 0.15) is 5.82 Å². The van der Waals surface area contributed by atoms with Crippen LogP contribution in [0.1, 0.15) is 23.2 Å². The Morgan fingerprint density at radius 3 is 2.19 bits per heavy atom. The van der Waals surface area contributed by atoms with Crippen molar-refractivity contribution in [2.24, 2.45) is 0 Å². The Bertz CT molecular complexity index is 604. The van der Waals surface area contributed by atoms with Gasteiger partial charge >= 0.3 is 0 Å². The Labute approximate surface area is 120 Å². The highest BCUT2D eigenvalue weighted by Gasteiger charge is 2.10. The van der Waals surface area contributed by atoms with Gasteiger partial charge in [-0.15, -0.1) is 0 Å². The molecule has 2 aromatic rings. The van der Waals surface area contributed by atoms with E-state index in [-0.39, 0.29) is 18.8 Å².